The molecule has 1 atom stereocenters. The van der Waals surface area contributed by atoms with Gasteiger partial charge in [0.1, 0.15) is 0 Å². The highest BCUT2D eigenvalue weighted by Crippen LogP contribution is 2.00. The SMILES string of the molecule is CCC(C)NCCS(=O)(=O)N(CC)CC. The van der Waals surface area contributed by atoms with E-state index >= 15 is 0 Å². The van der Waals surface area contributed by atoms with Crippen molar-refractivity contribution >= 4 is 10.0 Å². The molecular formula is C10H24N2O2S. The molecule has 0 fully saturated rings. The van der Waals surface area contributed by atoms with Crippen LogP contribution < -0.4 is 5.32 Å². The molecule has 0 bridgehead atoms. The van der Waals surface area contributed by atoms with Crippen LogP contribution in [0.3, 0.4) is 0 Å². The highest BCUT2D eigenvalue weighted by Gasteiger charge is 2.17. The summed E-state index contributed by atoms with van der Waals surface area (Å²) in [7, 11) is -3.06. The van der Waals surface area contributed by atoms with Gasteiger partial charge in [0.05, 0.1) is 5.75 Å². The van der Waals surface area contributed by atoms with E-state index in [-0.39, 0.29) is 5.75 Å². The van der Waals surface area contributed by atoms with Gasteiger partial charge in [0.25, 0.3) is 0 Å². The summed E-state index contributed by atoms with van der Waals surface area (Å²) in [6.07, 6.45) is 1.02. The number of hydrogen-bond donors (Lipinski definition) is 1. The molecule has 0 aromatic heterocycles. The molecule has 0 spiro atoms. The number of sulfonamides is 1. The minimum atomic E-state index is -3.06. The first kappa shape index (κ1) is 14.9. The maximum absolute atomic E-state index is 11.7. The van der Waals surface area contributed by atoms with E-state index in [1.807, 2.05) is 13.8 Å². The summed E-state index contributed by atoms with van der Waals surface area (Å²) in [5.41, 5.74) is 0. The van der Waals surface area contributed by atoms with E-state index in [0.29, 0.717) is 25.7 Å². The van der Waals surface area contributed by atoms with Crippen LogP contribution in [0.4, 0.5) is 0 Å². The molecule has 0 aliphatic carbocycles. The molecule has 0 aliphatic heterocycles. The third-order valence-corrected chi connectivity index (χ3v) is 4.59. The predicted molar refractivity (Wildman–Crippen MR) is 64.5 cm³/mol. The van der Waals surface area contributed by atoms with E-state index in [9.17, 15) is 8.42 Å². The van der Waals surface area contributed by atoms with Crippen LogP contribution in [-0.2, 0) is 10.0 Å². The van der Waals surface area contributed by atoms with Gasteiger partial charge >= 0.3 is 0 Å². The fourth-order valence-corrected chi connectivity index (χ4v) is 2.75. The quantitative estimate of drug-likeness (QED) is 0.685. The Morgan fingerprint density at radius 1 is 1.20 bits per heavy atom. The van der Waals surface area contributed by atoms with Gasteiger partial charge in [-0.25, -0.2) is 12.7 Å². The van der Waals surface area contributed by atoms with Gasteiger partial charge in [-0.3, -0.25) is 0 Å². The lowest BCUT2D eigenvalue weighted by Crippen LogP contribution is -2.38. The van der Waals surface area contributed by atoms with Gasteiger partial charge in [-0.1, -0.05) is 20.8 Å². The van der Waals surface area contributed by atoms with Crippen molar-refractivity contribution in [2.45, 2.75) is 40.2 Å². The minimum Gasteiger partial charge on any atom is -0.313 e. The largest absolute Gasteiger partial charge is 0.313 e. The van der Waals surface area contributed by atoms with Gasteiger partial charge in [-0.2, -0.15) is 0 Å². The Morgan fingerprint density at radius 3 is 2.13 bits per heavy atom. The predicted octanol–water partition coefficient (Wildman–Crippen LogP) is 1.05. The minimum absolute atomic E-state index is 0.193. The fraction of sp³-hybridized carbons (Fsp3) is 1.00. The van der Waals surface area contributed by atoms with Crippen LogP contribution in [0, 0.1) is 0 Å². The lowest BCUT2D eigenvalue weighted by atomic mass is 10.3. The highest BCUT2D eigenvalue weighted by atomic mass is 32.2. The van der Waals surface area contributed by atoms with Crippen molar-refractivity contribution in [3.8, 4) is 0 Å². The molecule has 15 heavy (non-hydrogen) atoms. The molecule has 0 aromatic rings. The molecule has 0 aromatic carbocycles. The van der Waals surface area contributed by atoms with Crippen LogP contribution in [0.15, 0.2) is 0 Å². The first-order chi connectivity index (χ1) is 6.97. The van der Waals surface area contributed by atoms with E-state index in [0.717, 1.165) is 6.42 Å². The zero-order valence-corrected chi connectivity index (χ0v) is 11.1. The van der Waals surface area contributed by atoms with E-state index in [4.69, 9.17) is 0 Å². The molecule has 0 rings (SSSR count). The van der Waals surface area contributed by atoms with Crippen LogP contribution in [-0.4, -0.2) is 44.2 Å². The van der Waals surface area contributed by atoms with Crippen molar-refractivity contribution in [1.29, 1.82) is 0 Å². The van der Waals surface area contributed by atoms with Crippen LogP contribution in [0.1, 0.15) is 34.1 Å². The van der Waals surface area contributed by atoms with Crippen molar-refractivity contribution in [1.82, 2.24) is 9.62 Å². The van der Waals surface area contributed by atoms with Crippen molar-refractivity contribution in [2.75, 3.05) is 25.4 Å². The average Bonchev–Trinajstić information content (AvgIpc) is 2.18. The number of nitrogens with zero attached hydrogens (tertiary/aromatic N) is 1. The summed E-state index contributed by atoms with van der Waals surface area (Å²) in [6.45, 7) is 9.52. The smallest absolute Gasteiger partial charge is 0.215 e. The molecule has 1 N–H and O–H groups in total. The second kappa shape index (κ2) is 7.19. The summed E-state index contributed by atoms with van der Waals surface area (Å²) in [5.74, 6) is 0.193. The molecule has 4 nitrogen and oxygen atoms in total. The van der Waals surface area contributed by atoms with Crippen molar-refractivity contribution < 1.29 is 8.42 Å². The molecule has 0 saturated heterocycles. The van der Waals surface area contributed by atoms with Crippen LogP contribution >= 0.6 is 0 Å². The zero-order chi connectivity index (χ0) is 11.9. The summed E-state index contributed by atoms with van der Waals surface area (Å²) >= 11 is 0. The molecule has 0 amide bonds. The molecule has 1 unspecified atom stereocenters. The third kappa shape index (κ3) is 5.49. The second-order valence-corrected chi connectivity index (χ2v) is 5.75. The van der Waals surface area contributed by atoms with E-state index in [2.05, 4.69) is 19.2 Å². The Hall–Kier alpha value is -0.130. The molecule has 0 radical (unpaired) electrons. The number of nitrogens with one attached hydrogen (secondary N) is 1. The molecule has 5 heteroatoms. The van der Waals surface area contributed by atoms with Gasteiger partial charge < -0.3 is 5.32 Å². The molecule has 0 aliphatic rings. The standard InChI is InChI=1S/C10H24N2O2S/c1-5-10(4)11-8-9-15(13,14)12(6-2)7-3/h10-11H,5-9H2,1-4H3. The van der Waals surface area contributed by atoms with Crippen LogP contribution in [0.2, 0.25) is 0 Å². The molecular weight excluding hydrogens is 212 g/mol. The monoisotopic (exact) mass is 236 g/mol. The van der Waals surface area contributed by atoms with Crippen molar-refractivity contribution in [3.63, 3.8) is 0 Å². The first-order valence-electron chi connectivity index (χ1n) is 5.69. The Kier molecular flexibility index (Phi) is 7.13. The van der Waals surface area contributed by atoms with Crippen molar-refractivity contribution in [2.24, 2.45) is 0 Å². The molecule has 0 saturated carbocycles. The summed E-state index contributed by atoms with van der Waals surface area (Å²) in [4.78, 5) is 0. The van der Waals surface area contributed by atoms with Crippen LogP contribution in [0.5, 0.6) is 0 Å². The Bertz CT molecular complexity index is 248. The second-order valence-electron chi connectivity index (χ2n) is 3.66. The summed E-state index contributed by atoms with van der Waals surface area (Å²) in [6, 6.07) is 0.386. The zero-order valence-electron chi connectivity index (χ0n) is 10.3. The van der Waals surface area contributed by atoms with Gasteiger partial charge in [-0.15, -0.1) is 0 Å². The van der Waals surface area contributed by atoms with Crippen molar-refractivity contribution in [3.05, 3.63) is 0 Å². The molecule has 0 heterocycles. The van der Waals surface area contributed by atoms with Gasteiger partial charge in [0, 0.05) is 25.7 Å². The fourth-order valence-electron chi connectivity index (χ4n) is 1.32. The van der Waals surface area contributed by atoms with Crippen LogP contribution in [0.25, 0.3) is 0 Å². The third-order valence-electron chi connectivity index (χ3n) is 2.56. The summed E-state index contributed by atoms with van der Waals surface area (Å²) < 4.78 is 25.0. The lowest BCUT2D eigenvalue weighted by molar-refractivity contribution is 0.442. The molecule has 92 valence electrons. The average molecular weight is 236 g/mol. The number of hydrogen-bond acceptors (Lipinski definition) is 3. The maximum Gasteiger partial charge on any atom is 0.215 e. The van der Waals surface area contributed by atoms with E-state index in [1.165, 1.54) is 4.31 Å². The first-order valence-corrected chi connectivity index (χ1v) is 7.30. The highest BCUT2D eigenvalue weighted by molar-refractivity contribution is 7.89. The maximum atomic E-state index is 11.7. The Balaban J connectivity index is 4.04. The number of rotatable bonds is 8. The van der Waals surface area contributed by atoms with E-state index < -0.39 is 10.0 Å². The Labute approximate surface area is 94.1 Å². The van der Waals surface area contributed by atoms with Gasteiger partial charge in [0.2, 0.25) is 10.0 Å². The van der Waals surface area contributed by atoms with Gasteiger partial charge in [0.15, 0.2) is 0 Å². The Morgan fingerprint density at radius 2 is 1.73 bits per heavy atom. The van der Waals surface area contributed by atoms with Gasteiger partial charge in [-0.05, 0) is 13.3 Å². The summed E-state index contributed by atoms with van der Waals surface area (Å²) in [5, 5.41) is 3.19. The van der Waals surface area contributed by atoms with E-state index in [1.54, 1.807) is 0 Å². The lowest BCUT2D eigenvalue weighted by Gasteiger charge is -2.19. The normalized spacial score (nSPS) is 14.5. The topological polar surface area (TPSA) is 49.4 Å².